The smallest absolute Gasteiger partial charge is 0.255 e. The number of nitrogens with one attached hydrogen (secondary N) is 2. The van der Waals surface area contributed by atoms with Crippen molar-refractivity contribution in [3.8, 4) is 5.75 Å². The van der Waals surface area contributed by atoms with E-state index in [2.05, 4.69) is 10.6 Å². The number of hydrogen-bond donors (Lipinski definition) is 3. The predicted octanol–water partition coefficient (Wildman–Crippen LogP) is 1.53. The third-order valence-electron chi connectivity index (χ3n) is 5.57. The molecule has 1 unspecified atom stereocenters. The van der Waals surface area contributed by atoms with E-state index in [9.17, 15) is 24.3 Å². The van der Waals surface area contributed by atoms with Gasteiger partial charge in [-0.1, -0.05) is 12.1 Å². The highest BCUT2D eigenvalue weighted by molar-refractivity contribution is 6.05. The lowest BCUT2D eigenvalue weighted by atomic mass is 10.0. The second-order valence-corrected chi connectivity index (χ2v) is 7.67. The number of piperidine rings is 1. The fraction of sp³-hybridized carbons (Fsp3) is 0.273. The van der Waals surface area contributed by atoms with Crippen LogP contribution in [0.15, 0.2) is 30.3 Å². The second kappa shape index (κ2) is 7.82. The van der Waals surface area contributed by atoms with Crippen molar-refractivity contribution in [2.24, 2.45) is 0 Å². The van der Waals surface area contributed by atoms with Gasteiger partial charge >= 0.3 is 0 Å². The number of hydrogen-bond acceptors (Lipinski definition) is 5. The summed E-state index contributed by atoms with van der Waals surface area (Å²) in [5.41, 5.74) is 1.36. The number of rotatable bonds is 4. The topological polar surface area (TPSA) is 116 Å². The van der Waals surface area contributed by atoms with Gasteiger partial charge in [0.15, 0.2) is 0 Å². The van der Waals surface area contributed by atoms with Crippen LogP contribution in [0.2, 0.25) is 0 Å². The van der Waals surface area contributed by atoms with E-state index in [0.717, 1.165) is 5.56 Å². The minimum Gasteiger partial charge on any atom is -0.507 e. The highest BCUT2D eigenvalue weighted by Gasteiger charge is 2.40. The Morgan fingerprint density at radius 1 is 1.26 bits per heavy atom. The Hall–Kier alpha value is -3.75. The summed E-state index contributed by atoms with van der Waals surface area (Å²) in [5, 5.41) is 14.7. The van der Waals surface area contributed by atoms with Crippen molar-refractivity contribution in [2.75, 3.05) is 0 Å². The summed E-state index contributed by atoms with van der Waals surface area (Å²) in [6.07, 6.45) is 0.303. The van der Waals surface area contributed by atoms with E-state index in [1.54, 1.807) is 13.0 Å². The maximum absolute atomic E-state index is 15.1. The summed E-state index contributed by atoms with van der Waals surface area (Å²) in [5.74, 6) is -2.79. The third kappa shape index (κ3) is 3.74. The van der Waals surface area contributed by atoms with Gasteiger partial charge in [0.05, 0.1) is 12.1 Å². The van der Waals surface area contributed by atoms with Crippen LogP contribution in [0, 0.1) is 12.7 Å². The van der Waals surface area contributed by atoms with Crippen LogP contribution in [0.1, 0.15) is 50.2 Å². The number of nitrogens with zero attached hydrogens (tertiary/aromatic N) is 1. The van der Waals surface area contributed by atoms with Crippen LogP contribution in [-0.2, 0) is 22.7 Å². The zero-order valence-corrected chi connectivity index (χ0v) is 16.7. The standard InChI is InChI=1S/C22H20FN3O5/c1-11-2-4-14(17(27)8-11)20(29)24-9-12-3-5-13-15(19(12)23)10-26(22(13)31)16-6-7-18(28)25-21(16)30/h2-5,8,16,27H,6-7,9-10H2,1H3,(H,24,29)(H,25,28,30). The molecule has 4 rings (SSSR count). The first kappa shape index (κ1) is 20.5. The molecule has 2 heterocycles. The zero-order valence-electron chi connectivity index (χ0n) is 16.7. The molecule has 31 heavy (non-hydrogen) atoms. The molecular formula is C22H20FN3O5. The largest absolute Gasteiger partial charge is 0.507 e. The van der Waals surface area contributed by atoms with Crippen LogP contribution in [0.5, 0.6) is 5.75 Å². The lowest BCUT2D eigenvalue weighted by Gasteiger charge is -2.29. The number of aromatic hydroxyl groups is 1. The molecule has 0 aliphatic carbocycles. The summed E-state index contributed by atoms with van der Waals surface area (Å²) >= 11 is 0. The van der Waals surface area contributed by atoms with Crippen molar-refractivity contribution in [1.29, 1.82) is 0 Å². The molecule has 0 radical (unpaired) electrons. The van der Waals surface area contributed by atoms with E-state index < -0.39 is 35.5 Å². The summed E-state index contributed by atoms with van der Waals surface area (Å²) in [7, 11) is 0. The van der Waals surface area contributed by atoms with E-state index >= 15 is 4.39 Å². The Kier molecular flexibility index (Phi) is 5.18. The molecule has 1 fully saturated rings. The zero-order chi connectivity index (χ0) is 22.3. The third-order valence-corrected chi connectivity index (χ3v) is 5.57. The molecular weight excluding hydrogens is 405 g/mol. The highest BCUT2D eigenvalue weighted by Crippen LogP contribution is 2.30. The Morgan fingerprint density at radius 2 is 2.03 bits per heavy atom. The summed E-state index contributed by atoms with van der Waals surface area (Å²) in [6.45, 7) is 1.55. The summed E-state index contributed by atoms with van der Waals surface area (Å²) in [6, 6.07) is 6.67. The minimum absolute atomic E-state index is 0.0754. The Morgan fingerprint density at radius 3 is 2.74 bits per heavy atom. The van der Waals surface area contributed by atoms with E-state index in [1.807, 2.05) is 0 Å². The molecule has 0 spiro atoms. The van der Waals surface area contributed by atoms with Gasteiger partial charge in [0, 0.05) is 29.7 Å². The van der Waals surface area contributed by atoms with Crippen LogP contribution >= 0.6 is 0 Å². The number of aryl methyl sites for hydroxylation is 1. The lowest BCUT2D eigenvalue weighted by Crippen LogP contribution is -2.52. The van der Waals surface area contributed by atoms with Gasteiger partial charge < -0.3 is 15.3 Å². The Balaban J connectivity index is 1.50. The normalized spacial score (nSPS) is 18.1. The maximum Gasteiger partial charge on any atom is 0.255 e. The molecule has 2 aliphatic rings. The number of imide groups is 1. The quantitative estimate of drug-likeness (QED) is 0.643. The molecule has 8 nitrogen and oxygen atoms in total. The average molecular weight is 425 g/mol. The van der Waals surface area contributed by atoms with Gasteiger partial charge in [-0.25, -0.2) is 4.39 Å². The van der Waals surface area contributed by atoms with Gasteiger partial charge in [-0.3, -0.25) is 24.5 Å². The molecule has 1 saturated heterocycles. The number of fused-ring (bicyclic) bond motifs is 1. The summed E-state index contributed by atoms with van der Waals surface area (Å²) in [4.78, 5) is 49.8. The molecule has 2 aliphatic heterocycles. The highest BCUT2D eigenvalue weighted by atomic mass is 19.1. The molecule has 3 N–H and O–H groups in total. The monoisotopic (exact) mass is 425 g/mol. The molecule has 0 aromatic heterocycles. The minimum atomic E-state index is -0.829. The van der Waals surface area contributed by atoms with Crippen LogP contribution in [0.25, 0.3) is 0 Å². The fourth-order valence-electron chi connectivity index (χ4n) is 3.89. The second-order valence-electron chi connectivity index (χ2n) is 7.67. The summed E-state index contributed by atoms with van der Waals surface area (Å²) < 4.78 is 15.1. The maximum atomic E-state index is 15.1. The van der Waals surface area contributed by atoms with Crippen LogP contribution in [0.4, 0.5) is 4.39 Å². The van der Waals surface area contributed by atoms with Crippen molar-refractivity contribution >= 4 is 23.6 Å². The van der Waals surface area contributed by atoms with Gasteiger partial charge in [0.2, 0.25) is 11.8 Å². The fourth-order valence-corrected chi connectivity index (χ4v) is 3.89. The van der Waals surface area contributed by atoms with E-state index in [0.29, 0.717) is 0 Å². The molecule has 4 amide bonds. The van der Waals surface area contributed by atoms with Crippen LogP contribution in [0.3, 0.4) is 0 Å². The molecule has 0 saturated carbocycles. The number of halogens is 1. The molecule has 1 atom stereocenters. The van der Waals surface area contributed by atoms with Crippen molar-refractivity contribution in [1.82, 2.24) is 15.5 Å². The molecule has 9 heteroatoms. The van der Waals surface area contributed by atoms with Gasteiger partial charge in [-0.15, -0.1) is 0 Å². The Bertz CT molecular complexity index is 1130. The van der Waals surface area contributed by atoms with Crippen molar-refractivity contribution in [3.63, 3.8) is 0 Å². The Labute approximate surface area is 177 Å². The number of benzene rings is 2. The average Bonchev–Trinajstić information content (AvgIpc) is 3.04. The molecule has 0 bridgehead atoms. The number of amides is 4. The molecule has 2 aromatic rings. The first-order valence-corrected chi connectivity index (χ1v) is 9.79. The van der Waals surface area contributed by atoms with Gasteiger partial charge in [0.25, 0.3) is 11.8 Å². The lowest BCUT2D eigenvalue weighted by molar-refractivity contribution is -0.136. The van der Waals surface area contributed by atoms with E-state index in [4.69, 9.17) is 0 Å². The number of carbonyl (C=O) groups is 4. The number of phenols is 1. The molecule has 160 valence electrons. The first-order chi connectivity index (χ1) is 14.8. The van der Waals surface area contributed by atoms with Gasteiger partial charge in [0.1, 0.15) is 17.6 Å². The van der Waals surface area contributed by atoms with E-state index in [-0.39, 0.29) is 53.9 Å². The van der Waals surface area contributed by atoms with Crippen molar-refractivity contribution < 1.29 is 28.7 Å². The van der Waals surface area contributed by atoms with Gasteiger partial charge in [-0.05, 0) is 37.1 Å². The SMILES string of the molecule is Cc1ccc(C(=O)NCc2ccc3c(c2F)CN(C2CCC(=O)NC2=O)C3=O)c(O)c1. The van der Waals surface area contributed by atoms with Crippen LogP contribution < -0.4 is 10.6 Å². The number of carbonyl (C=O) groups excluding carboxylic acids is 4. The number of phenolic OH excluding ortho intramolecular Hbond substituents is 1. The van der Waals surface area contributed by atoms with Gasteiger partial charge in [-0.2, -0.15) is 0 Å². The molecule has 2 aromatic carbocycles. The first-order valence-electron chi connectivity index (χ1n) is 9.79. The van der Waals surface area contributed by atoms with Crippen molar-refractivity contribution in [2.45, 2.75) is 38.9 Å². The predicted molar refractivity (Wildman–Crippen MR) is 106 cm³/mol. The van der Waals surface area contributed by atoms with E-state index in [1.165, 1.54) is 29.2 Å². The van der Waals surface area contributed by atoms with Crippen molar-refractivity contribution in [3.05, 3.63) is 64.0 Å². The van der Waals surface area contributed by atoms with Crippen LogP contribution in [-0.4, -0.2) is 39.7 Å².